The summed E-state index contributed by atoms with van der Waals surface area (Å²) < 4.78 is 33.8. The first-order valence-electron chi connectivity index (χ1n) is 9.34. The highest BCUT2D eigenvalue weighted by molar-refractivity contribution is 9.10. The number of anilines is 1. The molecule has 0 heterocycles. The molecular weight excluding hydrogens is 498 g/mol. The van der Waals surface area contributed by atoms with E-state index in [1.54, 1.807) is 54.6 Å². The van der Waals surface area contributed by atoms with Crippen molar-refractivity contribution in [3.8, 4) is 11.5 Å². The molecule has 0 saturated carbocycles. The average molecular weight is 518 g/mol. The third-order valence-electron chi connectivity index (χ3n) is 4.35. The summed E-state index contributed by atoms with van der Waals surface area (Å²) in [5, 5.41) is 13.6. The van der Waals surface area contributed by atoms with E-state index in [1.807, 2.05) is 0 Å². The van der Waals surface area contributed by atoms with Crippen molar-refractivity contribution in [1.82, 2.24) is 5.43 Å². The summed E-state index contributed by atoms with van der Waals surface area (Å²) in [6, 6.07) is 19.3. The molecule has 0 fully saturated rings. The van der Waals surface area contributed by atoms with Gasteiger partial charge in [-0.3, -0.25) is 9.10 Å². The molecule has 3 rings (SSSR count). The topological polar surface area (TPSA) is 108 Å². The minimum atomic E-state index is -4.17. The van der Waals surface area contributed by atoms with Crippen molar-refractivity contribution in [2.75, 3.05) is 18.0 Å². The van der Waals surface area contributed by atoms with Crippen LogP contribution in [0.4, 0.5) is 5.69 Å². The van der Waals surface area contributed by atoms with Crippen LogP contribution in [-0.4, -0.2) is 39.3 Å². The molecule has 3 aromatic carbocycles. The van der Waals surface area contributed by atoms with Crippen LogP contribution in [0.2, 0.25) is 0 Å². The van der Waals surface area contributed by atoms with Gasteiger partial charge in [0.15, 0.2) is 0 Å². The Balaban J connectivity index is 1.90. The van der Waals surface area contributed by atoms with Crippen molar-refractivity contribution in [3.05, 3.63) is 82.8 Å². The predicted molar refractivity (Wildman–Crippen MR) is 126 cm³/mol. The normalized spacial score (nSPS) is 11.3. The molecule has 3 aromatic rings. The molecule has 0 saturated heterocycles. The Morgan fingerprint density at radius 2 is 1.81 bits per heavy atom. The number of nitrogens with one attached hydrogen (secondary N) is 1. The summed E-state index contributed by atoms with van der Waals surface area (Å²) in [6.07, 6.45) is 1.27. The van der Waals surface area contributed by atoms with Gasteiger partial charge in [0.05, 0.1) is 19.0 Å². The lowest BCUT2D eigenvalue weighted by Crippen LogP contribution is -2.39. The quantitative estimate of drug-likeness (QED) is 0.351. The third-order valence-corrected chi connectivity index (χ3v) is 6.64. The van der Waals surface area contributed by atoms with Crippen LogP contribution in [0.3, 0.4) is 0 Å². The number of methoxy groups -OCH3 is 1. The molecule has 166 valence electrons. The number of rotatable bonds is 8. The number of carbonyl (C=O) groups excluding carboxylic acids is 1. The molecule has 0 aliphatic carbocycles. The minimum absolute atomic E-state index is 0.000684. The Bertz CT molecular complexity index is 1230. The summed E-state index contributed by atoms with van der Waals surface area (Å²) in [6.45, 7) is -0.528. The van der Waals surface area contributed by atoms with Crippen LogP contribution >= 0.6 is 15.9 Å². The van der Waals surface area contributed by atoms with E-state index >= 15 is 0 Å². The number of phenolic OH excluding ortho intramolecular Hbond substituents is 1. The van der Waals surface area contributed by atoms with Crippen LogP contribution in [0, 0.1) is 0 Å². The Morgan fingerprint density at radius 3 is 2.50 bits per heavy atom. The van der Waals surface area contributed by atoms with Crippen LogP contribution in [0.1, 0.15) is 5.56 Å². The second-order valence-electron chi connectivity index (χ2n) is 6.49. The molecule has 0 aromatic heterocycles. The smallest absolute Gasteiger partial charge is 0.268 e. The van der Waals surface area contributed by atoms with E-state index in [1.165, 1.54) is 31.5 Å². The first kappa shape index (κ1) is 23.3. The van der Waals surface area contributed by atoms with E-state index in [0.717, 1.165) is 4.31 Å². The predicted octanol–water partition coefficient (Wildman–Crippen LogP) is 3.51. The second kappa shape index (κ2) is 10.3. The highest BCUT2D eigenvalue weighted by atomic mass is 79.9. The number of benzene rings is 3. The molecule has 0 spiro atoms. The largest absolute Gasteiger partial charge is 0.507 e. The zero-order valence-electron chi connectivity index (χ0n) is 17.0. The summed E-state index contributed by atoms with van der Waals surface area (Å²) in [5.41, 5.74) is 3.00. The highest BCUT2D eigenvalue weighted by Crippen LogP contribution is 2.32. The van der Waals surface area contributed by atoms with Crippen LogP contribution in [0.5, 0.6) is 11.5 Å². The fourth-order valence-corrected chi connectivity index (χ4v) is 4.93. The molecule has 0 unspecified atom stereocenters. The van der Waals surface area contributed by atoms with E-state index in [0.29, 0.717) is 15.7 Å². The van der Waals surface area contributed by atoms with Crippen molar-refractivity contribution in [2.24, 2.45) is 5.10 Å². The van der Waals surface area contributed by atoms with Gasteiger partial charge in [-0.15, -0.1) is 0 Å². The van der Waals surface area contributed by atoms with Crippen molar-refractivity contribution in [2.45, 2.75) is 4.90 Å². The van der Waals surface area contributed by atoms with Gasteiger partial charge in [0.2, 0.25) is 0 Å². The van der Waals surface area contributed by atoms with Crippen molar-refractivity contribution in [1.29, 1.82) is 0 Å². The monoisotopic (exact) mass is 517 g/mol. The summed E-state index contributed by atoms with van der Waals surface area (Å²) in [4.78, 5) is 12.5. The van der Waals surface area contributed by atoms with Crippen LogP contribution in [-0.2, 0) is 14.8 Å². The van der Waals surface area contributed by atoms with Crippen molar-refractivity contribution in [3.63, 3.8) is 0 Å². The minimum Gasteiger partial charge on any atom is -0.507 e. The number of carbonyl (C=O) groups is 1. The molecule has 0 aliphatic rings. The number of sulfonamides is 1. The fraction of sp³-hybridized carbons (Fsp3) is 0.0909. The summed E-state index contributed by atoms with van der Waals surface area (Å²) >= 11 is 3.28. The Labute approximate surface area is 194 Å². The van der Waals surface area contributed by atoms with Gasteiger partial charge < -0.3 is 9.84 Å². The first-order chi connectivity index (χ1) is 15.3. The molecule has 0 radical (unpaired) electrons. The standard InChI is InChI=1S/C22H20BrN3O5S/c1-31-20-12-11-17(23)13-21(20)32(29,30)26(18-8-3-2-4-9-18)15-22(28)25-24-14-16-7-5-6-10-19(16)27/h2-14,27H,15H2,1H3,(H,25,28)/b24-14-. The Kier molecular flexibility index (Phi) is 7.49. The molecule has 2 N–H and O–H groups in total. The number of para-hydroxylation sites is 2. The average Bonchev–Trinajstić information content (AvgIpc) is 2.79. The third kappa shape index (κ3) is 5.45. The van der Waals surface area contributed by atoms with E-state index < -0.39 is 22.5 Å². The van der Waals surface area contributed by atoms with E-state index in [4.69, 9.17) is 4.74 Å². The maximum absolute atomic E-state index is 13.5. The SMILES string of the molecule is COc1ccc(Br)cc1S(=O)(=O)N(CC(=O)N/N=C\c1ccccc1O)c1ccccc1. The molecule has 8 nitrogen and oxygen atoms in total. The summed E-state index contributed by atoms with van der Waals surface area (Å²) in [5.74, 6) is -0.522. The van der Waals surface area contributed by atoms with E-state index in [9.17, 15) is 18.3 Å². The molecule has 32 heavy (non-hydrogen) atoms. The van der Waals surface area contributed by atoms with Gasteiger partial charge in [-0.2, -0.15) is 5.10 Å². The molecule has 0 bridgehead atoms. The number of ether oxygens (including phenoxy) is 1. The second-order valence-corrected chi connectivity index (χ2v) is 9.24. The van der Waals surface area contributed by atoms with Crippen molar-refractivity contribution < 1.29 is 23.1 Å². The summed E-state index contributed by atoms with van der Waals surface area (Å²) in [7, 11) is -2.80. The van der Waals surface area contributed by atoms with Gasteiger partial charge in [-0.25, -0.2) is 13.8 Å². The highest BCUT2D eigenvalue weighted by Gasteiger charge is 2.30. The van der Waals surface area contributed by atoms with Crippen LogP contribution in [0.25, 0.3) is 0 Å². The maximum Gasteiger partial charge on any atom is 0.268 e. The lowest BCUT2D eigenvalue weighted by Gasteiger charge is -2.24. The number of hydrazone groups is 1. The Morgan fingerprint density at radius 1 is 1.12 bits per heavy atom. The lowest BCUT2D eigenvalue weighted by molar-refractivity contribution is -0.119. The Hall–Kier alpha value is -3.37. The molecule has 10 heteroatoms. The maximum atomic E-state index is 13.5. The zero-order valence-corrected chi connectivity index (χ0v) is 19.4. The number of phenols is 1. The molecule has 0 aliphatic heterocycles. The van der Waals surface area contributed by atoms with Gasteiger partial charge in [0.1, 0.15) is 22.9 Å². The van der Waals surface area contributed by atoms with Crippen LogP contribution in [0.15, 0.2) is 87.3 Å². The zero-order chi connectivity index (χ0) is 23.1. The van der Waals surface area contributed by atoms with Crippen molar-refractivity contribution >= 4 is 43.8 Å². The lowest BCUT2D eigenvalue weighted by atomic mass is 10.2. The number of nitrogens with zero attached hydrogens (tertiary/aromatic N) is 2. The van der Waals surface area contributed by atoms with E-state index in [-0.39, 0.29) is 16.4 Å². The fourth-order valence-electron chi connectivity index (χ4n) is 2.82. The first-order valence-corrected chi connectivity index (χ1v) is 11.6. The number of hydrogen-bond donors (Lipinski definition) is 2. The molecular formula is C22H20BrN3O5S. The molecule has 0 atom stereocenters. The van der Waals surface area contributed by atoms with Gasteiger partial charge in [-0.05, 0) is 42.5 Å². The number of amides is 1. The van der Waals surface area contributed by atoms with Gasteiger partial charge in [-0.1, -0.05) is 46.3 Å². The van der Waals surface area contributed by atoms with Gasteiger partial charge in [0, 0.05) is 10.0 Å². The number of aromatic hydroxyl groups is 1. The number of halogens is 1. The molecule has 1 amide bonds. The van der Waals surface area contributed by atoms with Gasteiger partial charge >= 0.3 is 0 Å². The van der Waals surface area contributed by atoms with Gasteiger partial charge in [0.25, 0.3) is 15.9 Å². The van der Waals surface area contributed by atoms with E-state index in [2.05, 4.69) is 26.5 Å². The number of hydrogen-bond acceptors (Lipinski definition) is 6. The van der Waals surface area contributed by atoms with Crippen LogP contribution < -0.4 is 14.5 Å².